The average molecular weight is 256 g/mol. The summed E-state index contributed by atoms with van der Waals surface area (Å²) < 4.78 is 0. The van der Waals surface area contributed by atoms with Crippen molar-refractivity contribution in [1.82, 2.24) is 10.4 Å². The third-order valence-corrected chi connectivity index (χ3v) is 3.76. The number of piperidine rings is 1. The molecule has 0 aromatic rings. The van der Waals surface area contributed by atoms with Gasteiger partial charge in [-0.15, -0.1) is 0 Å². The zero-order valence-corrected chi connectivity index (χ0v) is 12.4. The van der Waals surface area contributed by atoms with Gasteiger partial charge in [-0.25, -0.2) is 0 Å². The molecule has 18 heavy (non-hydrogen) atoms. The summed E-state index contributed by atoms with van der Waals surface area (Å²) in [6, 6.07) is 0.155. The van der Waals surface area contributed by atoms with Crippen molar-refractivity contribution >= 4 is 5.91 Å². The van der Waals surface area contributed by atoms with E-state index in [1.165, 1.54) is 5.06 Å². The first kappa shape index (κ1) is 15.4. The van der Waals surface area contributed by atoms with Crippen LogP contribution >= 0.6 is 0 Å². The summed E-state index contributed by atoms with van der Waals surface area (Å²) in [5.74, 6) is 0.139. The van der Waals surface area contributed by atoms with Gasteiger partial charge < -0.3 is 10.5 Å². The monoisotopic (exact) mass is 256 g/mol. The van der Waals surface area contributed by atoms with Crippen molar-refractivity contribution in [3.8, 4) is 0 Å². The van der Waals surface area contributed by atoms with Gasteiger partial charge in [0.05, 0.1) is 0 Å². The number of rotatable bonds is 4. The second-order valence-electron chi connectivity index (χ2n) is 6.71. The lowest BCUT2D eigenvalue weighted by atomic mass is 9.79. The van der Waals surface area contributed by atoms with Crippen LogP contribution in [0.4, 0.5) is 0 Å². The molecule has 1 saturated heterocycles. The summed E-state index contributed by atoms with van der Waals surface area (Å²) in [5.41, 5.74) is -0.602. The van der Waals surface area contributed by atoms with E-state index in [-0.39, 0.29) is 23.0 Å². The van der Waals surface area contributed by atoms with Crippen LogP contribution in [0.5, 0.6) is 0 Å². The lowest BCUT2D eigenvalue weighted by Gasteiger charge is -2.51. The van der Waals surface area contributed by atoms with Crippen LogP contribution < -0.4 is 5.32 Å². The highest BCUT2D eigenvalue weighted by molar-refractivity contribution is 5.76. The quantitative estimate of drug-likeness (QED) is 0.813. The Morgan fingerprint density at radius 1 is 1.28 bits per heavy atom. The first-order valence-corrected chi connectivity index (χ1v) is 6.97. The molecule has 0 radical (unpaired) electrons. The van der Waals surface area contributed by atoms with Crippen LogP contribution in [0.3, 0.4) is 0 Å². The molecule has 0 saturated carbocycles. The van der Waals surface area contributed by atoms with Gasteiger partial charge in [-0.3, -0.25) is 4.79 Å². The zero-order chi connectivity index (χ0) is 14.0. The summed E-state index contributed by atoms with van der Waals surface area (Å²) in [6.07, 6.45) is 4.16. The summed E-state index contributed by atoms with van der Waals surface area (Å²) in [7, 11) is 0. The number of amides is 1. The van der Waals surface area contributed by atoms with Crippen molar-refractivity contribution in [2.75, 3.05) is 0 Å². The summed E-state index contributed by atoms with van der Waals surface area (Å²) in [5, 5.41) is 14.7. The van der Waals surface area contributed by atoms with Crippen LogP contribution in [0.15, 0.2) is 0 Å². The van der Waals surface area contributed by atoms with Crippen LogP contribution in [-0.2, 0) is 4.79 Å². The molecule has 0 atom stereocenters. The van der Waals surface area contributed by atoms with Gasteiger partial charge in [-0.2, -0.15) is 5.06 Å². The Kier molecular flexibility index (Phi) is 4.78. The summed E-state index contributed by atoms with van der Waals surface area (Å²) in [4.78, 5) is 11.8. The Balaban J connectivity index is 2.61. The van der Waals surface area contributed by atoms with E-state index < -0.39 is 0 Å². The van der Waals surface area contributed by atoms with Crippen LogP contribution in [0, 0.1) is 0 Å². The zero-order valence-electron chi connectivity index (χ0n) is 12.4. The van der Waals surface area contributed by atoms with Gasteiger partial charge in [0, 0.05) is 23.5 Å². The molecule has 1 heterocycles. The number of carbonyl (C=O) groups is 1. The molecule has 0 unspecified atom stereocenters. The molecule has 1 amide bonds. The molecule has 0 aromatic carbocycles. The standard InChI is InChI=1S/C14H28N2O2/c1-6-7-8-12(17)15-11-9-13(2,3)16(18)14(4,5)10-11/h11,18H,6-10H2,1-5H3,(H,15,17). The molecule has 2 N–H and O–H groups in total. The predicted octanol–water partition coefficient (Wildman–Crippen LogP) is 2.70. The highest BCUT2D eigenvalue weighted by atomic mass is 16.5. The van der Waals surface area contributed by atoms with Crippen molar-refractivity contribution < 1.29 is 10.0 Å². The highest BCUT2D eigenvalue weighted by Crippen LogP contribution is 2.36. The van der Waals surface area contributed by atoms with E-state index in [1.807, 2.05) is 27.7 Å². The molecule has 1 aliphatic rings. The van der Waals surface area contributed by atoms with Crippen LogP contribution in [-0.4, -0.2) is 33.3 Å². The van der Waals surface area contributed by atoms with E-state index in [0.29, 0.717) is 6.42 Å². The van der Waals surface area contributed by atoms with Crippen LogP contribution in [0.2, 0.25) is 0 Å². The smallest absolute Gasteiger partial charge is 0.220 e. The minimum Gasteiger partial charge on any atom is -0.353 e. The highest BCUT2D eigenvalue weighted by Gasteiger charge is 2.45. The minimum atomic E-state index is -0.301. The van der Waals surface area contributed by atoms with Gasteiger partial charge in [-0.1, -0.05) is 13.3 Å². The van der Waals surface area contributed by atoms with Crippen molar-refractivity contribution in [3.05, 3.63) is 0 Å². The Hall–Kier alpha value is -0.610. The fourth-order valence-corrected chi connectivity index (χ4v) is 3.01. The predicted molar refractivity (Wildman–Crippen MR) is 72.5 cm³/mol. The molecule has 1 fully saturated rings. The van der Waals surface area contributed by atoms with Gasteiger partial charge >= 0.3 is 0 Å². The first-order valence-electron chi connectivity index (χ1n) is 6.97. The van der Waals surface area contributed by atoms with E-state index in [0.717, 1.165) is 25.7 Å². The van der Waals surface area contributed by atoms with Gasteiger partial charge in [0.2, 0.25) is 5.91 Å². The third-order valence-electron chi connectivity index (χ3n) is 3.76. The molecule has 0 bridgehead atoms. The summed E-state index contributed by atoms with van der Waals surface area (Å²) in [6.45, 7) is 10.1. The number of hydrogen-bond acceptors (Lipinski definition) is 3. The number of nitrogens with zero attached hydrogens (tertiary/aromatic N) is 1. The molecule has 106 valence electrons. The molecule has 4 heteroatoms. The molecule has 0 aliphatic carbocycles. The van der Waals surface area contributed by atoms with Crippen molar-refractivity contribution in [3.63, 3.8) is 0 Å². The van der Waals surface area contributed by atoms with Crippen molar-refractivity contribution in [2.45, 2.75) is 83.8 Å². The van der Waals surface area contributed by atoms with Gasteiger partial charge in [0.1, 0.15) is 0 Å². The number of carbonyl (C=O) groups excluding carboxylic acids is 1. The molecule has 0 spiro atoms. The fourth-order valence-electron chi connectivity index (χ4n) is 3.01. The largest absolute Gasteiger partial charge is 0.353 e. The SMILES string of the molecule is CCCCC(=O)NC1CC(C)(C)N(O)C(C)(C)C1. The lowest BCUT2D eigenvalue weighted by molar-refractivity contribution is -0.246. The molecule has 1 rings (SSSR count). The van der Waals surface area contributed by atoms with E-state index in [9.17, 15) is 10.0 Å². The maximum absolute atomic E-state index is 11.8. The number of hydroxylamine groups is 2. The van der Waals surface area contributed by atoms with Crippen molar-refractivity contribution in [1.29, 1.82) is 0 Å². The third kappa shape index (κ3) is 3.69. The van der Waals surface area contributed by atoms with Crippen LogP contribution in [0.25, 0.3) is 0 Å². The minimum absolute atomic E-state index is 0.139. The van der Waals surface area contributed by atoms with Crippen LogP contribution in [0.1, 0.15) is 66.7 Å². The second-order valence-corrected chi connectivity index (χ2v) is 6.71. The van der Waals surface area contributed by atoms with E-state index >= 15 is 0 Å². The molecule has 1 aliphatic heterocycles. The average Bonchev–Trinajstić information content (AvgIpc) is 2.22. The number of hydrogen-bond donors (Lipinski definition) is 2. The van der Waals surface area contributed by atoms with Gasteiger partial charge in [0.25, 0.3) is 0 Å². The Labute approximate surface area is 111 Å². The number of nitrogens with one attached hydrogen (secondary N) is 1. The first-order chi connectivity index (χ1) is 8.19. The second kappa shape index (κ2) is 5.57. The molecule has 4 nitrogen and oxygen atoms in total. The normalized spacial score (nSPS) is 23.9. The lowest BCUT2D eigenvalue weighted by Crippen LogP contribution is -2.62. The molecular weight excluding hydrogens is 228 g/mol. The number of unbranched alkanes of at least 4 members (excludes halogenated alkanes) is 1. The maximum atomic E-state index is 11.8. The van der Waals surface area contributed by atoms with E-state index in [2.05, 4.69) is 12.2 Å². The Morgan fingerprint density at radius 2 is 1.78 bits per heavy atom. The Bertz CT molecular complexity index is 282. The van der Waals surface area contributed by atoms with E-state index in [1.54, 1.807) is 0 Å². The van der Waals surface area contributed by atoms with Crippen molar-refractivity contribution in [2.24, 2.45) is 0 Å². The molecule has 0 aromatic heterocycles. The van der Waals surface area contributed by atoms with Gasteiger partial charge in [0.15, 0.2) is 0 Å². The topological polar surface area (TPSA) is 52.6 Å². The van der Waals surface area contributed by atoms with E-state index in [4.69, 9.17) is 0 Å². The summed E-state index contributed by atoms with van der Waals surface area (Å²) >= 11 is 0. The Morgan fingerprint density at radius 3 is 2.22 bits per heavy atom. The molecular formula is C14H28N2O2. The van der Waals surface area contributed by atoms with Gasteiger partial charge in [-0.05, 0) is 47.0 Å². The fraction of sp³-hybridized carbons (Fsp3) is 0.929. The maximum Gasteiger partial charge on any atom is 0.220 e.